The maximum atomic E-state index is 12.5. The van der Waals surface area contributed by atoms with Crippen LogP contribution in [-0.2, 0) is 6.42 Å². The molecule has 3 aromatic rings. The number of hydrogen-bond donors (Lipinski definition) is 1. The van der Waals surface area contributed by atoms with Gasteiger partial charge in [0.25, 0.3) is 5.91 Å². The number of anilines is 2. The van der Waals surface area contributed by atoms with Gasteiger partial charge >= 0.3 is 0 Å². The summed E-state index contributed by atoms with van der Waals surface area (Å²) in [5.74, 6) is 0.670. The van der Waals surface area contributed by atoms with E-state index in [-0.39, 0.29) is 5.91 Å². The molecule has 0 saturated carbocycles. The molecule has 7 heteroatoms. The van der Waals surface area contributed by atoms with Crippen LogP contribution in [0.1, 0.15) is 15.9 Å². The molecule has 1 amide bonds. The minimum atomic E-state index is -0.0911. The third-order valence-electron chi connectivity index (χ3n) is 5.01. The Labute approximate surface area is 170 Å². The van der Waals surface area contributed by atoms with Gasteiger partial charge in [-0.25, -0.2) is 9.97 Å². The largest absolute Gasteiger partial charge is 0.367 e. The van der Waals surface area contributed by atoms with E-state index >= 15 is 0 Å². The van der Waals surface area contributed by atoms with Crippen LogP contribution in [0.5, 0.6) is 0 Å². The summed E-state index contributed by atoms with van der Waals surface area (Å²) in [6.07, 6.45) is 7.77. The molecule has 0 unspecified atom stereocenters. The summed E-state index contributed by atoms with van der Waals surface area (Å²) >= 11 is 0. The second kappa shape index (κ2) is 9.14. The molecule has 148 valence electrons. The summed E-state index contributed by atoms with van der Waals surface area (Å²) in [6, 6.07) is 13.9. The fourth-order valence-corrected chi connectivity index (χ4v) is 3.41. The Morgan fingerprint density at radius 1 is 0.931 bits per heavy atom. The number of pyridine rings is 1. The molecular formula is C22H24N6O. The standard InChI is InChI=1S/C22H24N6O/c29-21(24-10-7-18-5-2-1-3-6-18)19-15-20(17-23-16-19)27-11-13-28(14-12-27)22-25-8-4-9-26-22/h1-6,8-9,15-17H,7,10-14H2,(H,24,29). The highest BCUT2D eigenvalue weighted by Crippen LogP contribution is 2.18. The van der Waals surface area contributed by atoms with Crippen molar-refractivity contribution in [3.8, 4) is 0 Å². The molecule has 0 bridgehead atoms. The molecule has 0 radical (unpaired) electrons. The van der Waals surface area contributed by atoms with Crippen molar-refractivity contribution in [3.63, 3.8) is 0 Å². The first kappa shape index (κ1) is 18.9. The molecule has 0 spiro atoms. The van der Waals surface area contributed by atoms with Crippen molar-refractivity contribution in [2.45, 2.75) is 6.42 Å². The third-order valence-corrected chi connectivity index (χ3v) is 5.01. The second-order valence-electron chi connectivity index (χ2n) is 6.95. The molecule has 1 aliphatic rings. The van der Waals surface area contributed by atoms with Crippen molar-refractivity contribution in [1.82, 2.24) is 20.3 Å². The lowest BCUT2D eigenvalue weighted by Gasteiger charge is -2.35. The summed E-state index contributed by atoms with van der Waals surface area (Å²) in [6.45, 7) is 3.93. The summed E-state index contributed by atoms with van der Waals surface area (Å²) in [5.41, 5.74) is 2.76. The van der Waals surface area contributed by atoms with Crippen molar-refractivity contribution in [1.29, 1.82) is 0 Å². The first-order chi connectivity index (χ1) is 14.3. The van der Waals surface area contributed by atoms with Gasteiger partial charge < -0.3 is 15.1 Å². The van der Waals surface area contributed by atoms with Gasteiger partial charge in [0.05, 0.1) is 17.4 Å². The molecule has 7 nitrogen and oxygen atoms in total. The first-order valence-electron chi connectivity index (χ1n) is 9.84. The molecule has 1 aliphatic heterocycles. The van der Waals surface area contributed by atoms with Gasteiger partial charge in [0, 0.05) is 51.3 Å². The van der Waals surface area contributed by atoms with Gasteiger partial charge in [-0.2, -0.15) is 0 Å². The van der Waals surface area contributed by atoms with Gasteiger partial charge in [0.1, 0.15) is 0 Å². The Morgan fingerprint density at radius 2 is 1.66 bits per heavy atom. The van der Waals surface area contributed by atoms with Crippen LogP contribution in [0.3, 0.4) is 0 Å². The molecule has 2 aromatic heterocycles. The lowest BCUT2D eigenvalue weighted by atomic mass is 10.1. The predicted octanol–water partition coefficient (Wildman–Crippen LogP) is 2.17. The van der Waals surface area contributed by atoms with E-state index in [4.69, 9.17) is 0 Å². The smallest absolute Gasteiger partial charge is 0.252 e. The number of piperazine rings is 1. The first-order valence-corrected chi connectivity index (χ1v) is 9.84. The van der Waals surface area contributed by atoms with Crippen LogP contribution in [0.25, 0.3) is 0 Å². The molecular weight excluding hydrogens is 364 g/mol. The van der Waals surface area contributed by atoms with Crippen LogP contribution < -0.4 is 15.1 Å². The number of carbonyl (C=O) groups is 1. The quantitative estimate of drug-likeness (QED) is 0.698. The van der Waals surface area contributed by atoms with Crippen LogP contribution in [0, 0.1) is 0 Å². The monoisotopic (exact) mass is 388 g/mol. The van der Waals surface area contributed by atoms with Gasteiger partial charge in [0.2, 0.25) is 5.95 Å². The molecule has 1 N–H and O–H groups in total. The topological polar surface area (TPSA) is 74.2 Å². The third kappa shape index (κ3) is 4.87. The summed E-state index contributed by atoms with van der Waals surface area (Å²) in [7, 11) is 0. The molecule has 1 saturated heterocycles. The van der Waals surface area contributed by atoms with Crippen molar-refractivity contribution < 1.29 is 4.79 Å². The van der Waals surface area contributed by atoms with Gasteiger partial charge in [0.15, 0.2) is 0 Å². The Balaban J connectivity index is 1.32. The number of carbonyl (C=O) groups excluding carboxylic acids is 1. The highest BCUT2D eigenvalue weighted by Gasteiger charge is 2.20. The molecule has 0 atom stereocenters. The van der Waals surface area contributed by atoms with E-state index in [0.29, 0.717) is 12.1 Å². The number of hydrogen-bond acceptors (Lipinski definition) is 6. The fraction of sp³-hybridized carbons (Fsp3) is 0.273. The summed E-state index contributed by atoms with van der Waals surface area (Å²) in [4.78, 5) is 29.8. The minimum Gasteiger partial charge on any atom is -0.367 e. The average molecular weight is 388 g/mol. The molecule has 3 heterocycles. The van der Waals surface area contributed by atoms with Crippen molar-refractivity contribution in [3.05, 3.63) is 78.4 Å². The Kier molecular flexibility index (Phi) is 5.95. The van der Waals surface area contributed by atoms with Gasteiger partial charge in [-0.1, -0.05) is 30.3 Å². The SMILES string of the molecule is O=C(NCCc1ccccc1)c1cncc(N2CCN(c3ncccn3)CC2)c1. The van der Waals surface area contributed by atoms with E-state index in [9.17, 15) is 4.79 Å². The summed E-state index contributed by atoms with van der Waals surface area (Å²) in [5, 5.41) is 2.98. The zero-order chi connectivity index (χ0) is 19.9. The van der Waals surface area contributed by atoms with Gasteiger partial charge in [-0.3, -0.25) is 9.78 Å². The molecule has 0 aliphatic carbocycles. The van der Waals surface area contributed by atoms with Crippen LogP contribution in [-0.4, -0.2) is 53.6 Å². The number of rotatable bonds is 6. The van der Waals surface area contributed by atoms with Crippen molar-refractivity contribution in [2.24, 2.45) is 0 Å². The van der Waals surface area contributed by atoms with E-state index < -0.39 is 0 Å². The molecule has 29 heavy (non-hydrogen) atoms. The molecule has 4 rings (SSSR count). The second-order valence-corrected chi connectivity index (χ2v) is 6.95. The molecule has 1 fully saturated rings. The minimum absolute atomic E-state index is 0.0911. The average Bonchev–Trinajstić information content (AvgIpc) is 2.80. The normalized spacial score (nSPS) is 13.9. The predicted molar refractivity (Wildman–Crippen MR) is 113 cm³/mol. The van der Waals surface area contributed by atoms with E-state index in [1.165, 1.54) is 5.56 Å². The Morgan fingerprint density at radius 3 is 2.41 bits per heavy atom. The summed E-state index contributed by atoms with van der Waals surface area (Å²) < 4.78 is 0. The van der Waals surface area contributed by atoms with E-state index in [0.717, 1.165) is 44.2 Å². The highest BCUT2D eigenvalue weighted by molar-refractivity contribution is 5.94. The Hall–Kier alpha value is -3.48. The van der Waals surface area contributed by atoms with E-state index in [1.54, 1.807) is 18.6 Å². The van der Waals surface area contributed by atoms with E-state index in [2.05, 4.69) is 42.2 Å². The van der Waals surface area contributed by atoms with Crippen LogP contribution in [0.2, 0.25) is 0 Å². The van der Waals surface area contributed by atoms with E-state index in [1.807, 2.05) is 36.5 Å². The van der Waals surface area contributed by atoms with Gasteiger partial charge in [-0.15, -0.1) is 0 Å². The Bertz CT molecular complexity index is 926. The highest BCUT2D eigenvalue weighted by atomic mass is 16.1. The van der Waals surface area contributed by atoms with Gasteiger partial charge in [-0.05, 0) is 24.1 Å². The number of aromatic nitrogens is 3. The lowest BCUT2D eigenvalue weighted by molar-refractivity contribution is 0.0954. The zero-order valence-electron chi connectivity index (χ0n) is 16.2. The number of benzene rings is 1. The van der Waals surface area contributed by atoms with Crippen molar-refractivity contribution >= 4 is 17.5 Å². The van der Waals surface area contributed by atoms with Crippen LogP contribution >= 0.6 is 0 Å². The lowest BCUT2D eigenvalue weighted by Crippen LogP contribution is -2.47. The number of amides is 1. The number of nitrogens with zero attached hydrogens (tertiary/aromatic N) is 5. The zero-order valence-corrected chi connectivity index (χ0v) is 16.2. The fourth-order valence-electron chi connectivity index (χ4n) is 3.41. The van der Waals surface area contributed by atoms with Crippen LogP contribution in [0.4, 0.5) is 11.6 Å². The van der Waals surface area contributed by atoms with Crippen molar-refractivity contribution in [2.75, 3.05) is 42.5 Å². The maximum absolute atomic E-state index is 12.5. The van der Waals surface area contributed by atoms with Crippen LogP contribution in [0.15, 0.2) is 67.3 Å². The molecule has 1 aromatic carbocycles. The maximum Gasteiger partial charge on any atom is 0.252 e. The number of nitrogens with one attached hydrogen (secondary N) is 1.